The third-order valence-electron chi connectivity index (χ3n) is 2.71. The van der Waals surface area contributed by atoms with Crippen LogP contribution >= 0.6 is 11.8 Å². The Balaban J connectivity index is 1.95. The predicted octanol–water partition coefficient (Wildman–Crippen LogP) is 3.67. The fraction of sp³-hybridized carbons (Fsp3) is 0.214. The van der Waals surface area contributed by atoms with Crippen LogP contribution in [0, 0.1) is 12.7 Å². The summed E-state index contributed by atoms with van der Waals surface area (Å²) in [7, 11) is 0. The molecule has 4 nitrogen and oxygen atoms in total. The summed E-state index contributed by atoms with van der Waals surface area (Å²) < 4.78 is 50.9. The maximum absolute atomic E-state index is 13.4. The number of hydrogen-bond donors (Lipinski definition) is 1. The average Bonchev–Trinajstić information content (AvgIpc) is 2.48. The van der Waals surface area contributed by atoms with Crippen LogP contribution in [0.4, 0.5) is 23.2 Å². The van der Waals surface area contributed by atoms with Gasteiger partial charge in [-0.2, -0.15) is 13.2 Å². The van der Waals surface area contributed by atoms with Crippen molar-refractivity contribution >= 4 is 23.4 Å². The first-order valence-electron chi connectivity index (χ1n) is 6.35. The van der Waals surface area contributed by atoms with Crippen LogP contribution < -0.4 is 5.32 Å². The van der Waals surface area contributed by atoms with Gasteiger partial charge in [0, 0.05) is 11.9 Å². The van der Waals surface area contributed by atoms with Gasteiger partial charge in [-0.05, 0) is 30.7 Å². The molecule has 0 saturated heterocycles. The largest absolute Gasteiger partial charge is 0.433 e. The number of amides is 1. The molecule has 122 valence electrons. The monoisotopic (exact) mass is 345 g/mol. The number of nitrogens with one attached hydrogen (secondary N) is 1. The summed E-state index contributed by atoms with van der Waals surface area (Å²) in [5.74, 6) is -1.16. The highest BCUT2D eigenvalue weighted by atomic mass is 32.2. The molecule has 0 radical (unpaired) electrons. The summed E-state index contributed by atoms with van der Waals surface area (Å²) >= 11 is 0.757. The Labute approximate surface area is 133 Å². The van der Waals surface area contributed by atoms with Gasteiger partial charge in [-0.1, -0.05) is 17.8 Å². The minimum atomic E-state index is -4.57. The van der Waals surface area contributed by atoms with Crippen LogP contribution in [0.15, 0.2) is 35.6 Å². The molecule has 0 bridgehead atoms. The van der Waals surface area contributed by atoms with Gasteiger partial charge in [-0.15, -0.1) is 0 Å². The number of benzene rings is 1. The van der Waals surface area contributed by atoms with Gasteiger partial charge in [0.2, 0.25) is 5.91 Å². The highest BCUT2D eigenvalue weighted by Crippen LogP contribution is 2.28. The number of hydrogen-bond acceptors (Lipinski definition) is 4. The normalized spacial score (nSPS) is 11.3. The van der Waals surface area contributed by atoms with E-state index in [9.17, 15) is 22.4 Å². The minimum absolute atomic E-state index is 0.162. The van der Waals surface area contributed by atoms with E-state index in [1.807, 2.05) is 0 Å². The molecule has 23 heavy (non-hydrogen) atoms. The molecular formula is C14H11F4N3OS. The second-order valence-electron chi connectivity index (χ2n) is 4.52. The average molecular weight is 345 g/mol. The number of nitrogens with zero attached hydrogens (tertiary/aromatic N) is 2. The molecule has 0 aliphatic heterocycles. The smallest absolute Gasteiger partial charge is 0.325 e. The van der Waals surface area contributed by atoms with E-state index in [-0.39, 0.29) is 16.6 Å². The molecule has 0 fully saturated rings. The van der Waals surface area contributed by atoms with Gasteiger partial charge in [-0.3, -0.25) is 4.79 Å². The molecule has 0 saturated carbocycles. The van der Waals surface area contributed by atoms with Gasteiger partial charge >= 0.3 is 6.18 Å². The van der Waals surface area contributed by atoms with Crippen molar-refractivity contribution < 1.29 is 22.4 Å². The fourth-order valence-corrected chi connectivity index (χ4v) is 2.20. The molecule has 0 atom stereocenters. The first-order chi connectivity index (χ1) is 10.8. The molecule has 0 spiro atoms. The number of aromatic nitrogens is 2. The van der Waals surface area contributed by atoms with Crippen molar-refractivity contribution in [3.8, 4) is 0 Å². The number of thioether (sulfide) groups is 1. The minimum Gasteiger partial charge on any atom is -0.325 e. The van der Waals surface area contributed by atoms with Crippen molar-refractivity contribution in [1.29, 1.82) is 0 Å². The SMILES string of the molecule is Cc1ccc(NC(=O)CSc2nccc(C(F)(F)F)n2)cc1F. The van der Waals surface area contributed by atoms with Crippen LogP contribution in [0.2, 0.25) is 0 Å². The molecule has 1 aromatic carbocycles. The number of aryl methyl sites for hydroxylation is 1. The van der Waals surface area contributed by atoms with E-state index in [1.165, 1.54) is 18.2 Å². The Morgan fingerprint density at radius 3 is 2.70 bits per heavy atom. The summed E-state index contributed by atoms with van der Waals surface area (Å²) in [6.45, 7) is 1.59. The molecule has 2 aromatic rings. The third-order valence-corrected chi connectivity index (χ3v) is 3.57. The van der Waals surface area contributed by atoms with Crippen molar-refractivity contribution in [2.24, 2.45) is 0 Å². The number of carbonyl (C=O) groups is 1. The van der Waals surface area contributed by atoms with Crippen molar-refractivity contribution in [2.45, 2.75) is 18.3 Å². The van der Waals surface area contributed by atoms with E-state index in [2.05, 4.69) is 15.3 Å². The summed E-state index contributed by atoms with van der Waals surface area (Å²) in [5, 5.41) is 2.29. The van der Waals surface area contributed by atoms with Crippen LogP contribution in [-0.2, 0) is 11.0 Å². The van der Waals surface area contributed by atoms with Crippen LogP contribution in [0.5, 0.6) is 0 Å². The summed E-state index contributed by atoms with van der Waals surface area (Å²) in [6, 6.07) is 4.95. The number of anilines is 1. The first-order valence-corrected chi connectivity index (χ1v) is 7.33. The topological polar surface area (TPSA) is 54.9 Å². The maximum Gasteiger partial charge on any atom is 0.433 e. The Bertz CT molecular complexity index is 721. The Kier molecular flexibility index (Phi) is 5.19. The Hall–Kier alpha value is -2.16. The van der Waals surface area contributed by atoms with Crippen molar-refractivity contribution in [3.05, 3.63) is 47.5 Å². The van der Waals surface area contributed by atoms with Gasteiger partial charge in [0.1, 0.15) is 11.5 Å². The maximum atomic E-state index is 13.4. The van der Waals surface area contributed by atoms with Crippen molar-refractivity contribution in [1.82, 2.24) is 9.97 Å². The number of rotatable bonds is 4. The van der Waals surface area contributed by atoms with Crippen molar-refractivity contribution in [2.75, 3.05) is 11.1 Å². The fourth-order valence-electron chi connectivity index (χ4n) is 1.57. The molecule has 1 amide bonds. The zero-order chi connectivity index (χ0) is 17.0. The van der Waals surface area contributed by atoms with E-state index in [0.717, 1.165) is 24.0 Å². The van der Waals surface area contributed by atoms with Gasteiger partial charge in [-0.25, -0.2) is 14.4 Å². The lowest BCUT2D eigenvalue weighted by Gasteiger charge is -2.07. The summed E-state index contributed by atoms with van der Waals surface area (Å²) in [6.07, 6.45) is -3.59. The summed E-state index contributed by atoms with van der Waals surface area (Å²) in [5.41, 5.74) is -0.366. The van der Waals surface area contributed by atoms with Crippen LogP contribution in [0.3, 0.4) is 0 Å². The van der Waals surface area contributed by atoms with Gasteiger partial charge in [0.05, 0.1) is 5.75 Å². The zero-order valence-electron chi connectivity index (χ0n) is 11.8. The lowest BCUT2D eigenvalue weighted by Crippen LogP contribution is -2.15. The zero-order valence-corrected chi connectivity index (χ0v) is 12.6. The second-order valence-corrected chi connectivity index (χ2v) is 5.47. The van der Waals surface area contributed by atoms with E-state index >= 15 is 0 Å². The standard InChI is InChI=1S/C14H11F4N3OS/c1-8-2-3-9(6-10(8)15)20-12(22)7-23-13-19-5-4-11(21-13)14(16,17)18/h2-6H,7H2,1H3,(H,20,22). The molecule has 1 heterocycles. The van der Waals surface area contributed by atoms with E-state index in [1.54, 1.807) is 6.92 Å². The van der Waals surface area contributed by atoms with Crippen LogP contribution in [0.25, 0.3) is 0 Å². The van der Waals surface area contributed by atoms with E-state index in [4.69, 9.17) is 0 Å². The molecule has 0 aliphatic rings. The van der Waals surface area contributed by atoms with Crippen molar-refractivity contribution in [3.63, 3.8) is 0 Å². The number of alkyl halides is 3. The van der Waals surface area contributed by atoms with Crippen LogP contribution in [-0.4, -0.2) is 21.6 Å². The quantitative estimate of drug-likeness (QED) is 0.522. The lowest BCUT2D eigenvalue weighted by atomic mass is 10.2. The molecule has 0 unspecified atom stereocenters. The van der Waals surface area contributed by atoms with E-state index in [0.29, 0.717) is 5.56 Å². The number of halogens is 4. The second kappa shape index (κ2) is 6.95. The molecule has 1 N–H and O–H groups in total. The first kappa shape index (κ1) is 17.2. The molecule has 1 aromatic heterocycles. The lowest BCUT2D eigenvalue weighted by molar-refractivity contribution is -0.141. The predicted molar refractivity (Wildman–Crippen MR) is 77.5 cm³/mol. The van der Waals surface area contributed by atoms with Gasteiger partial charge < -0.3 is 5.32 Å². The van der Waals surface area contributed by atoms with Crippen LogP contribution in [0.1, 0.15) is 11.3 Å². The molecule has 9 heteroatoms. The molecule has 0 aliphatic carbocycles. The highest BCUT2D eigenvalue weighted by molar-refractivity contribution is 7.99. The summed E-state index contributed by atoms with van der Waals surface area (Å²) in [4.78, 5) is 18.7. The van der Waals surface area contributed by atoms with Gasteiger partial charge in [0.15, 0.2) is 5.16 Å². The van der Waals surface area contributed by atoms with Gasteiger partial charge in [0.25, 0.3) is 0 Å². The molecular weight excluding hydrogens is 334 g/mol. The van der Waals surface area contributed by atoms with E-state index < -0.39 is 23.6 Å². The Morgan fingerprint density at radius 1 is 1.30 bits per heavy atom. The molecule has 2 rings (SSSR count). The number of carbonyl (C=O) groups excluding carboxylic acids is 1. The highest BCUT2D eigenvalue weighted by Gasteiger charge is 2.32. The Morgan fingerprint density at radius 2 is 2.04 bits per heavy atom. The third kappa shape index (κ3) is 4.92.